The Bertz CT molecular complexity index is 953. The third kappa shape index (κ3) is 2.50. The van der Waals surface area contributed by atoms with Crippen LogP contribution in [0.3, 0.4) is 0 Å². The number of pyridine rings is 1. The van der Waals surface area contributed by atoms with Crippen LogP contribution in [0, 0.1) is 0 Å². The Hall–Kier alpha value is -2.33. The van der Waals surface area contributed by atoms with Gasteiger partial charge in [-0.25, -0.2) is 8.42 Å². The SMILES string of the molecule is CS(=O)(=O)c1nc(N)n2nc(-c3cncc(Cl)c3)nc2n1. The van der Waals surface area contributed by atoms with E-state index in [2.05, 4.69) is 25.0 Å². The Kier molecular flexibility index (Phi) is 2.99. The molecule has 2 N–H and O–H groups in total. The van der Waals surface area contributed by atoms with Gasteiger partial charge in [0.05, 0.1) is 5.02 Å². The van der Waals surface area contributed by atoms with Crippen LogP contribution >= 0.6 is 11.6 Å². The summed E-state index contributed by atoms with van der Waals surface area (Å²) in [5.41, 5.74) is 6.23. The summed E-state index contributed by atoms with van der Waals surface area (Å²) >= 11 is 5.85. The third-order valence-corrected chi connectivity index (χ3v) is 3.56. The largest absolute Gasteiger partial charge is 0.368 e. The molecule has 0 bridgehead atoms. The molecule has 0 aliphatic heterocycles. The molecule has 108 valence electrons. The number of aromatic nitrogens is 6. The van der Waals surface area contributed by atoms with Crippen LogP contribution in [0.2, 0.25) is 5.02 Å². The number of halogens is 1. The number of hydrogen-bond acceptors (Lipinski definition) is 8. The lowest BCUT2D eigenvalue weighted by atomic mass is 10.3. The highest BCUT2D eigenvalue weighted by molar-refractivity contribution is 7.90. The molecule has 0 atom stereocenters. The molecule has 9 nitrogen and oxygen atoms in total. The van der Waals surface area contributed by atoms with E-state index in [0.29, 0.717) is 10.6 Å². The maximum absolute atomic E-state index is 11.5. The number of anilines is 1. The Balaban J connectivity index is 2.23. The zero-order valence-corrected chi connectivity index (χ0v) is 12.2. The van der Waals surface area contributed by atoms with Crippen LogP contribution in [0.15, 0.2) is 23.6 Å². The number of hydrogen-bond donors (Lipinski definition) is 1. The summed E-state index contributed by atoms with van der Waals surface area (Å²) < 4.78 is 24.1. The maximum Gasteiger partial charge on any atom is 0.258 e. The third-order valence-electron chi connectivity index (χ3n) is 2.51. The van der Waals surface area contributed by atoms with Crippen molar-refractivity contribution in [2.75, 3.05) is 12.0 Å². The van der Waals surface area contributed by atoms with Gasteiger partial charge in [0.2, 0.25) is 15.8 Å². The molecular formula is C10H8ClN7O2S. The van der Waals surface area contributed by atoms with Crippen LogP contribution in [-0.2, 0) is 9.84 Å². The van der Waals surface area contributed by atoms with Gasteiger partial charge >= 0.3 is 0 Å². The maximum atomic E-state index is 11.5. The Morgan fingerprint density at radius 1 is 1.24 bits per heavy atom. The van der Waals surface area contributed by atoms with Gasteiger partial charge in [0, 0.05) is 24.2 Å². The van der Waals surface area contributed by atoms with Crippen LogP contribution < -0.4 is 5.73 Å². The second-order valence-electron chi connectivity index (χ2n) is 4.18. The second-order valence-corrected chi connectivity index (χ2v) is 6.52. The minimum Gasteiger partial charge on any atom is -0.368 e. The lowest BCUT2D eigenvalue weighted by Gasteiger charge is -1.99. The summed E-state index contributed by atoms with van der Waals surface area (Å²) in [5.74, 6) is 0.156. The predicted molar refractivity (Wildman–Crippen MR) is 74.3 cm³/mol. The van der Waals surface area contributed by atoms with Crippen molar-refractivity contribution in [3.8, 4) is 11.4 Å². The van der Waals surface area contributed by atoms with E-state index in [1.807, 2.05) is 0 Å². The topological polar surface area (TPSA) is 129 Å². The zero-order valence-electron chi connectivity index (χ0n) is 10.6. The fourth-order valence-electron chi connectivity index (χ4n) is 1.61. The van der Waals surface area contributed by atoms with E-state index in [0.717, 1.165) is 10.8 Å². The van der Waals surface area contributed by atoms with Gasteiger partial charge in [-0.15, -0.1) is 5.10 Å². The first-order valence-electron chi connectivity index (χ1n) is 5.56. The molecule has 0 amide bonds. The van der Waals surface area contributed by atoms with Gasteiger partial charge in [0.1, 0.15) is 0 Å². The molecule has 3 aromatic rings. The number of rotatable bonds is 2. The normalized spacial score (nSPS) is 11.9. The van der Waals surface area contributed by atoms with Crippen molar-refractivity contribution >= 4 is 33.2 Å². The monoisotopic (exact) mass is 325 g/mol. The van der Waals surface area contributed by atoms with Crippen molar-refractivity contribution in [3.63, 3.8) is 0 Å². The number of nitrogen functional groups attached to an aromatic ring is 1. The van der Waals surface area contributed by atoms with Gasteiger partial charge in [-0.05, 0) is 6.07 Å². The molecule has 0 radical (unpaired) electrons. The fourth-order valence-corrected chi connectivity index (χ4v) is 2.29. The minimum atomic E-state index is -3.60. The van der Waals surface area contributed by atoms with Gasteiger partial charge in [-0.1, -0.05) is 11.6 Å². The summed E-state index contributed by atoms with van der Waals surface area (Å²) in [6.07, 6.45) is 3.97. The molecule has 3 aromatic heterocycles. The molecule has 3 rings (SSSR count). The van der Waals surface area contributed by atoms with Crippen LogP contribution in [0.5, 0.6) is 0 Å². The van der Waals surface area contributed by atoms with Crippen molar-refractivity contribution in [1.82, 2.24) is 29.5 Å². The first kappa shape index (κ1) is 13.6. The van der Waals surface area contributed by atoms with Crippen molar-refractivity contribution in [1.29, 1.82) is 0 Å². The number of fused-ring (bicyclic) bond motifs is 1. The first-order valence-corrected chi connectivity index (χ1v) is 7.83. The summed E-state index contributed by atoms with van der Waals surface area (Å²) in [5, 5.41) is 4.12. The Labute approximate surface area is 123 Å². The minimum absolute atomic E-state index is 0.0258. The molecule has 3 heterocycles. The van der Waals surface area contributed by atoms with Crippen LogP contribution in [0.4, 0.5) is 5.95 Å². The average Bonchev–Trinajstić information content (AvgIpc) is 2.82. The van der Waals surface area contributed by atoms with Crippen molar-refractivity contribution in [2.45, 2.75) is 5.16 Å². The molecule has 0 aliphatic carbocycles. The smallest absolute Gasteiger partial charge is 0.258 e. The predicted octanol–water partition coefficient (Wildman–Crippen LogP) is 0.220. The molecule has 0 saturated heterocycles. The first-order chi connectivity index (χ1) is 9.84. The zero-order chi connectivity index (χ0) is 15.2. The van der Waals surface area contributed by atoms with E-state index in [1.165, 1.54) is 12.4 Å². The number of nitrogens with two attached hydrogens (primary N) is 1. The van der Waals surface area contributed by atoms with Crippen LogP contribution in [0.25, 0.3) is 17.2 Å². The van der Waals surface area contributed by atoms with Crippen molar-refractivity contribution < 1.29 is 8.42 Å². The highest BCUT2D eigenvalue weighted by Crippen LogP contribution is 2.19. The highest BCUT2D eigenvalue weighted by atomic mass is 35.5. The Morgan fingerprint density at radius 2 is 2.00 bits per heavy atom. The van der Waals surface area contributed by atoms with Gasteiger partial charge in [-0.2, -0.15) is 19.5 Å². The van der Waals surface area contributed by atoms with E-state index >= 15 is 0 Å². The molecule has 0 aromatic carbocycles. The van der Waals surface area contributed by atoms with Gasteiger partial charge in [0.25, 0.3) is 10.9 Å². The molecule has 0 fully saturated rings. The second kappa shape index (κ2) is 4.60. The van der Waals surface area contributed by atoms with Gasteiger partial charge in [0.15, 0.2) is 5.82 Å². The lowest BCUT2D eigenvalue weighted by Crippen LogP contribution is -2.11. The summed E-state index contributed by atoms with van der Waals surface area (Å²) in [4.78, 5) is 15.6. The van der Waals surface area contributed by atoms with E-state index in [9.17, 15) is 8.42 Å². The molecule has 11 heteroatoms. The van der Waals surface area contributed by atoms with Crippen LogP contribution in [-0.4, -0.2) is 44.2 Å². The van der Waals surface area contributed by atoms with Gasteiger partial charge < -0.3 is 5.73 Å². The quantitative estimate of drug-likeness (QED) is 0.708. The van der Waals surface area contributed by atoms with Gasteiger partial charge in [-0.3, -0.25) is 4.98 Å². The Morgan fingerprint density at radius 3 is 2.67 bits per heavy atom. The van der Waals surface area contributed by atoms with Crippen molar-refractivity contribution in [3.05, 3.63) is 23.5 Å². The molecule has 0 saturated carbocycles. The summed E-state index contributed by atoms with van der Waals surface area (Å²) in [7, 11) is -3.60. The molecular weight excluding hydrogens is 318 g/mol. The molecule has 0 aliphatic rings. The van der Waals surface area contributed by atoms with E-state index < -0.39 is 15.0 Å². The molecule has 0 spiro atoms. The van der Waals surface area contributed by atoms with E-state index in [4.69, 9.17) is 17.3 Å². The lowest BCUT2D eigenvalue weighted by molar-refractivity contribution is 0.592. The fraction of sp³-hybridized carbons (Fsp3) is 0.100. The molecule has 0 unspecified atom stereocenters. The standard InChI is InChI=1S/C10H8ClN7O2S/c1-21(19,20)10-15-8(12)18-9(16-10)14-7(17-18)5-2-6(11)4-13-3-5/h2-4H,1H3,(H2,12,14,15,16,17). The summed E-state index contributed by atoms with van der Waals surface area (Å²) in [6, 6.07) is 1.62. The number of sulfone groups is 1. The highest BCUT2D eigenvalue weighted by Gasteiger charge is 2.17. The van der Waals surface area contributed by atoms with Crippen molar-refractivity contribution in [2.24, 2.45) is 0 Å². The van der Waals surface area contributed by atoms with E-state index in [1.54, 1.807) is 6.07 Å². The van der Waals surface area contributed by atoms with E-state index in [-0.39, 0.29) is 17.6 Å². The number of nitrogens with zero attached hydrogens (tertiary/aromatic N) is 6. The van der Waals surface area contributed by atoms with Crippen LogP contribution in [0.1, 0.15) is 0 Å². The average molecular weight is 326 g/mol. The summed E-state index contributed by atoms with van der Waals surface area (Å²) in [6.45, 7) is 0. The molecule has 21 heavy (non-hydrogen) atoms.